The van der Waals surface area contributed by atoms with E-state index in [-0.39, 0.29) is 12.0 Å². The minimum atomic E-state index is -0.697. The first-order valence-corrected chi connectivity index (χ1v) is 9.15. The van der Waals surface area contributed by atoms with E-state index in [1.165, 1.54) is 5.56 Å². The lowest BCUT2D eigenvalue weighted by Crippen LogP contribution is -2.39. The van der Waals surface area contributed by atoms with E-state index in [4.69, 9.17) is 0 Å². The van der Waals surface area contributed by atoms with E-state index in [1.807, 2.05) is 12.2 Å². The van der Waals surface area contributed by atoms with Crippen molar-refractivity contribution in [2.75, 3.05) is 6.54 Å². The van der Waals surface area contributed by atoms with Gasteiger partial charge < -0.3 is 10.4 Å². The second-order valence-corrected chi connectivity index (χ2v) is 7.26. The van der Waals surface area contributed by atoms with Gasteiger partial charge in [0.2, 0.25) is 0 Å². The van der Waals surface area contributed by atoms with E-state index >= 15 is 0 Å². The van der Waals surface area contributed by atoms with Gasteiger partial charge in [-0.25, -0.2) is 0 Å². The highest BCUT2D eigenvalue weighted by atomic mass is 79.9. The summed E-state index contributed by atoms with van der Waals surface area (Å²) < 4.78 is 1.09. The van der Waals surface area contributed by atoms with Crippen LogP contribution in [0.15, 0.2) is 54.0 Å². The first-order chi connectivity index (χ1) is 10.9. The normalized spacial score (nSPS) is 16.3. The van der Waals surface area contributed by atoms with Gasteiger partial charge in [0.1, 0.15) is 0 Å². The molecule has 2 N–H and O–H groups in total. The molecule has 1 aromatic carbocycles. The Morgan fingerprint density at radius 2 is 1.87 bits per heavy atom. The summed E-state index contributed by atoms with van der Waals surface area (Å²) in [6.07, 6.45) is 6.97. The van der Waals surface area contributed by atoms with E-state index in [2.05, 4.69) is 72.5 Å². The second kappa shape index (κ2) is 10.1. The monoisotopic (exact) mass is 379 g/mol. The molecule has 1 rings (SSSR count). The predicted molar refractivity (Wildman–Crippen MR) is 104 cm³/mol. The topological polar surface area (TPSA) is 32.3 Å². The molecule has 0 saturated carbocycles. The smallest absolute Gasteiger partial charge is 0.0719 e. The summed E-state index contributed by atoms with van der Waals surface area (Å²) in [5.74, 6) is 0.225. The van der Waals surface area contributed by atoms with Crippen LogP contribution < -0.4 is 5.32 Å². The van der Waals surface area contributed by atoms with Gasteiger partial charge in [-0.3, -0.25) is 0 Å². The van der Waals surface area contributed by atoms with E-state index in [0.717, 1.165) is 30.3 Å². The third-order valence-corrected chi connectivity index (χ3v) is 5.13. The molecule has 128 valence electrons. The number of allylic oxidation sites excluding steroid dienone is 1. The first kappa shape index (κ1) is 20.1. The fourth-order valence-electron chi connectivity index (χ4n) is 2.81. The van der Waals surface area contributed by atoms with Crippen LogP contribution in [0.1, 0.15) is 51.1 Å². The molecule has 0 aliphatic heterocycles. The van der Waals surface area contributed by atoms with Gasteiger partial charge in [0.05, 0.1) is 5.60 Å². The number of hydrogen-bond acceptors (Lipinski definition) is 2. The van der Waals surface area contributed by atoms with Crippen LogP contribution in [0, 0.1) is 5.92 Å². The van der Waals surface area contributed by atoms with Gasteiger partial charge in [0.15, 0.2) is 0 Å². The molecule has 0 saturated heterocycles. The van der Waals surface area contributed by atoms with Crippen LogP contribution in [0.3, 0.4) is 0 Å². The fourth-order valence-corrected chi connectivity index (χ4v) is 3.07. The van der Waals surface area contributed by atoms with Gasteiger partial charge in [-0.05, 0) is 62.8 Å². The summed E-state index contributed by atoms with van der Waals surface area (Å²) in [7, 11) is 0. The van der Waals surface area contributed by atoms with Crippen LogP contribution in [0.2, 0.25) is 0 Å². The Balaban J connectivity index is 2.55. The number of rotatable bonds is 11. The zero-order chi connectivity index (χ0) is 17.3. The largest absolute Gasteiger partial charge is 0.389 e. The van der Waals surface area contributed by atoms with Crippen LogP contribution in [0.4, 0.5) is 0 Å². The highest BCUT2D eigenvalue weighted by Crippen LogP contribution is 2.29. The van der Waals surface area contributed by atoms with E-state index in [9.17, 15) is 5.11 Å². The molecular formula is C20H30BrNO. The summed E-state index contributed by atoms with van der Waals surface area (Å²) in [5.41, 5.74) is 0.553. The highest BCUT2D eigenvalue weighted by molar-refractivity contribution is 9.10. The van der Waals surface area contributed by atoms with Crippen LogP contribution in [0.5, 0.6) is 0 Å². The molecule has 1 aromatic rings. The van der Waals surface area contributed by atoms with Gasteiger partial charge in [0.25, 0.3) is 0 Å². The zero-order valence-corrected chi connectivity index (χ0v) is 16.0. The lowest BCUT2D eigenvalue weighted by atomic mass is 9.80. The Bertz CT molecular complexity index is 485. The molecule has 0 spiro atoms. The summed E-state index contributed by atoms with van der Waals surface area (Å²) in [6.45, 7) is 12.6. The van der Waals surface area contributed by atoms with Gasteiger partial charge in [-0.15, -0.1) is 13.2 Å². The maximum atomic E-state index is 11.0. The van der Waals surface area contributed by atoms with Crippen molar-refractivity contribution in [2.24, 2.45) is 5.92 Å². The molecule has 2 nitrogen and oxygen atoms in total. The Morgan fingerprint density at radius 1 is 1.22 bits per heavy atom. The lowest BCUT2D eigenvalue weighted by molar-refractivity contribution is -0.0196. The Morgan fingerprint density at radius 3 is 2.43 bits per heavy atom. The van der Waals surface area contributed by atoms with Gasteiger partial charge in [-0.2, -0.15) is 0 Å². The van der Waals surface area contributed by atoms with Crippen molar-refractivity contribution in [3.8, 4) is 0 Å². The average molecular weight is 380 g/mol. The number of benzene rings is 1. The summed E-state index contributed by atoms with van der Waals surface area (Å²) in [5, 5.41) is 14.5. The molecule has 0 aromatic heterocycles. The van der Waals surface area contributed by atoms with Gasteiger partial charge in [0, 0.05) is 10.5 Å². The molecule has 0 bridgehead atoms. The minimum absolute atomic E-state index is 0.225. The zero-order valence-electron chi connectivity index (χ0n) is 14.4. The SMILES string of the molecule is C=CCCC(C)C(O)(CC=C)CCNC(C)c1ccc(Br)cc1. The molecule has 3 heteroatoms. The number of halogens is 1. The molecule has 0 radical (unpaired) electrons. The van der Waals surface area contributed by atoms with Crippen LogP contribution >= 0.6 is 15.9 Å². The Labute approximate surface area is 149 Å². The highest BCUT2D eigenvalue weighted by Gasteiger charge is 2.31. The second-order valence-electron chi connectivity index (χ2n) is 6.34. The predicted octanol–water partition coefficient (Wildman–Crippen LogP) is 5.40. The Hall–Kier alpha value is -0.900. The molecule has 0 aliphatic rings. The van der Waals surface area contributed by atoms with Crippen molar-refractivity contribution < 1.29 is 5.11 Å². The summed E-state index contributed by atoms with van der Waals surface area (Å²) >= 11 is 3.46. The van der Waals surface area contributed by atoms with Crippen LogP contribution in [-0.2, 0) is 0 Å². The maximum absolute atomic E-state index is 11.0. The quantitative estimate of drug-likeness (QED) is 0.504. The van der Waals surface area contributed by atoms with Crippen molar-refractivity contribution >= 4 is 15.9 Å². The molecule has 0 heterocycles. The molecule has 3 atom stereocenters. The number of aliphatic hydroxyl groups is 1. The Kier molecular flexibility index (Phi) is 8.82. The van der Waals surface area contributed by atoms with Crippen molar-refractivity contribution in [2.45, 2.75) is 51.2 Å². The third kappa shape index (κ3) is 6.62. The van der Waals surface area contributed by atoms with Crippen LogP contribution in [-0.4, -0.2) is 17.3 Å². The summed E-state index contributed by atoms with van der Waals surface area (Å²) in [4.78, 5) is 0. The van der Waals surface area contributed by atoms with E-state index < -0.39 is 5.60 Å². The van der Waals surface area contributed by atoms with Crippen molar-refractivity contribution in [1.82, 2.24) is 5.32 Å². The molecule has 23 heavy (non-hydrogen) atoms. The van der Waals surface area contributed by atoms with Gasteiger partial charge in [-0.1, -0.05) is 47.1 Å². The standard InChI is InChI=1S/C20H30BrNO/c1-5-7-8-16(3)20(23,13-6-2)14-15-22-17(4)18-9-11-19(21)12-10-18/h5-6,9-12,16-17,22-23H,1-2,7-8,13-15H2,3-4H3. The van der Waals surface area contributed by atoms with Crippen molar-refractivity contribution in [3.05, 3.63) is 59.6 Å². The number of hydrogen-bond donors (Lipinski definition) is 2. The molecular weight excluding hydrogens is 350 g/mol. The third-order valence-electron chi connectivity index (χ3n) is 4.60. The molecule has 3 unspecified atom stereocenters. The first-order valence-electron chi connectivity index (χ1n) is 8.36. The average Bonchev–Trinajstić information content (AvgIpc) is 2.53. The van der Waals surface area contributed by atoms with Crippen molar-refractivity contribution in [1.29, 1.82) is 0 Å². The molecule has 0 amide bonds. The lowest BCUT2D eigenvalue weighted by Gasteiger charge is -2.34. The molecule has 0 fully saturated rings. The van der Waals surface area contributed by atoms with Crippen LogP contribution in [0.25, 0.3) is 0 Å². The van der Waals surface area contributed by atoms with E-state index in [0.29, 0.717) is 6.42 Å². The van der Waals surface area contributed by atoms with E-state index in [1.54, 1.807) is 0 Å². The minimum Gasteiger partial charge on any atom is -0.389 e. The fraction of sp³-hybridized carbons (Fsp3) is 0.500. The van der Waals surface area contributed by atoms with Crippen molar-refractivity contribution in [3.63, 3.8) is 0 Å². The van der Waals surface area contributed by atoms with Gasteiger partial charge >= 0.3 is 0 Å². The number of nitrogens with one attached hydrogen (secondary N) is 1. The summed E-state index contributed by atoms with van der Waals surface area (Å²) in [6, 6.07) is 8.60. The molecule has 0 aliphatic carbocycles. The maximum Gasteiger partial charge on any atom is 0.0719 e.